The van der Waals surface area contributed by atoms with Crippen LogP contribution in [0.1, 0.15) is 27.0 Å². The number of methoxy groups -OCH3 is 2. The van der Waals surface area contributed by atoms with Gasteiger partial charge in [-0.15, -0.1) is 0 Å². The molecular formula is C24H23BrN2O4. The average Bonchev–Trinajstić information content (AvgIpc) is 2.79. The molecule has 0 radical (unpaired) electrons. The highest BCUT2D eigenvalue weighted by Gasteiger charge is 2.12. The molecule has 7 heteroatoms. The summed E-state index contributed by atoms with van der Waals surface area (Å²) >= 11 is 3.54. The zero-order chi connectivity index (χ0) is 22.2. The third kappa shape index (κ3) is 5.86. The predicted molar refractivity (Wildman–Crippen MR) is 124 cm³/mol. The van der Waals surface area contributed by atoms with Crippen molar-refractivity contribution >= 4 is 28.1 Å². The highest BCUT2D eigenvalue weighted by Crippen LogP contribution is 2.37. The smallest absolute Gasteiger partial charge is 0.271 e. The summed E-state index contributed by atoms with van der Waals surface area (Å²) in [5, 5.41) is 4.04. The zero-order valence-electron chi connectivity index (χ0n) is 17.5. The molecule has 0 aliphatic carbocycles. The Balaban J connectivity index is 1.68. The Morgan fingerprint density at radius 3 is 2.48 bits per heavy atom. The van der Waals surface area contributed by atoms with Crippen LogP contribution in [0.4, 0.5) is 0 Å². The maximum atomic E-state index is 12.2. The third-order valence-corrected chi connectivity index (χ3v) is 5.21. The van der Waals surface area contributed by atoms with Crippen molar-refractivity contribution in [2.75, 3.05) is 14.2 Å². The Hall–Kier alpha value is -3.32. The number of carbonyl (C=O) groups excluding carboxylic acids is 1. The van der Waals surface area contributed by atoms with E-state index in [0.29, 0.717) is 29.4 Å². The van der Waals surface area contributed by atoms with Crippen LogP contribution < -0.4 is 19.6 Å². The van der Waals surface area contributed by atoms with E-state index in [1.807, 2.05) is 37.3 Å². The summed E-state index contributed by atoms with van der Waals surface area (Å²) in [5.74, 6) is 1.53. The van der Waals surface area contributed by atoms with Crippen molar-refractivity contribution in [2.45, 2.75) is 13.5 Å². The maximum Gasteiger partial charge on any atom is 0.271 e. The fraction of sp³-hybridized carbons (Fsp3) is 0.167. The molecule has 31 heavy (non-hydrogen) atoms. The summed E-state index contributed by atoms with van der Waals surface area (Å²) in [6, 6.07) is 18.5. The number of hydrogen-bond acceptors (Lipinski definition) is 5. The molecule has 0 bridgehead atoms. The van der Waals surface area contributed by atoms with Gasteiger partial charge < -0.3 is 14.2 Å². The van der Waals surface area contributed by atoms with Gasteiger partial charge in [0.15, 0.2) is 11.5 Å². The summed E-state index contributed by atoms with van der Waals surface area (Å²) < 4.78 is 17.3. The van der Waals surface area contributed by atoms with E-state index in [-0.39, 0.29) is 5.91 Å². The lowest BCUT2D eigenvalue weighted by molar-refractivity contribution is 0.0955. The van der Waals surface area contributed by atoms with E-state index >= 15 is 0 Å². The lowest BCUT2D eigenvalue weighted by Crippen LogP contribution is -2.17. The molecule has 1 N–H and O–H groups in total. The van der Waals surface area contributed by atoms with Crippen LogP contribution in [0.3, 0.4) is 0 Å². The van der Waals surface area contributed by atoms with Gasteiger partial charge in [0.05, 0.1) is 24.9 Å². The first-order chi connectivity index (χ1) is 15.0. The lowest BCUT2D eigenvalue weighted by Gasteiger charge is -2.14. The summed E-state index contributed by atoms with van der Waals surface area (Å²) in [7, 11) is 3.15. The normalized spacial score (nSPS) is 10.7. The second-order valence-corrected chi connectivity index (χ2v) is 7.53. The monoisotopic (exact) mass is 482 g/mol. The number of benzene rings is 3. The zero-order valence-corrected chi connectivity index (χ0v) is 19.1. The molecule has 0 atom stereocenters. The van der Waals surface area contributed by atoms with E-state index in [0.717, 1.165) is 21.2 Å². The third-order valence-electron chi connectivity index (χ3n) is 4.62. The molecule has 6 nitrogen and oxygen atoms in total. The fourth-order valence-electron chi connectivity index (χ4n) is 2.85. The lowest BCUT2D eigenvalue weighted by atomic mass is 10.1. The highest BCUT2D eigenvalue weighted by molar-refractivity contribution is 9.10. The fourth-order valence-corrected chi connectivity index (χ4v) is 3.42. The van der Waals surface area contributed by atoms with E-state index in [1.165, 1.54) is 0 Å². The molecule has 0 aliphatic heterocycles. The molecule has 3 aromatic carbocycles. The van der Waals surface area contributed by atoms with Crippen LogP contribution in [0.15, 0.2) is 70.2 Å². The number of amides is 1. The average molecular weight is 483 g/mol. The molecule has 0 heterocycles. The quantitative estimate of drug-likeness (QED) is 0.357. The van der Waals surface area contributed by atoms with Gasteiger partial charge in [0.1, 0.15) is 12.4 Å². The number of nitrogens with zero attached hydrogens (tertiary/aromatic N) is 1. The van der Waals surface area contributed by atoms with Gasteiger partial charge in [-0.3, -0.25) is 4.79 Å². The van der Waals surface area contributed by atoms with Gasteiger partial charge in [-0.05, 0) is 75.9 Å². The molecule has 3 rings (SSSR count). The summed E-state index contributed by atoms with van der Waals surface area (Å²) in [6.07, 6.45) is 1.54. The van der Waals surface area contributed by atoms with Crippen molar-refractivity contribution in [3.8, 4) is 17.2 Å². The predicted octanol–water partition coefficient (Wildman–Crippen LogP) is 5.12. The van der Waals surface area contributed by atoms with E-state index < -0.39 is 0 Å². The Bertz CT molecular complexity index is 1080. The largest absolute Gasteiger partial charge is 0.497 e. The molecule has 160 valence electrons. The van der Waals surface area contributed by atoms with Gasteiger partial charge in [-0.2, -0.15) is 5.10 Å². The Morgan fingerprint density at radius 1 is 1.06 bits per heavy atom. The number of rotatable bonds is 8. The topological polar surface area (TPSA) is 69.2 Å². The number of ether oxygens (including phenoxy) is 3. The van der Waals surface area contributed by atoms with Crippen molar-refractivity contribution in [2.24, 2.45) is 5.10 Å². The van der Waals surface area contributed by atoms with Crippen LogP contribution in [0.2, 0.25) is 0 Å². The van der Waals surface area contributed by atoms with Gasteiger partial charge in [0.25, 0.3) is 5.91 Å². The molecule has 0 spiro atoms. The van der Waals surface area contributed by atoms with Crippen LogP contribution >= 0.6 is 15.9 Å². The molecule has 3 aromatic rings. The van der Waals surface area contributed by atoms with Gasteiger partial charge in [0.2, 0.25) is 0 Å². The first kappa shape index (κ1) is 22.4. The molecule has 1 amide bonds. The number of hydrazone groups is 1. The molecule has 0 aliphatic rings. The minimum absolute atomic E-state index is 0.317. The minimum Gasteiger partial charge on any atom is -0.497 e. The van der Waals surface area contributed by atoms with E-state index in [9.17, 15) is 4.79 Å². The molecule has 0 saturated heterocycles. The Morgan fingerprint density at radius 2 is 1.81 bits per heavy atom. The molecule has 0 fully saturated rings. The second-order valence-electron chi connectivity index (χ2n) is 6.68. The van der Waals surface area contributed by atoms with Gasteiger partial charge in [-0.1, -0.05) is 24.3 Å². The van der Waals surface area contributed by atoms with Crippen LogP contribution in [-0.2, 0) is 6.61 Å². The van der Waals surface area contributed by atoms with Crippen molar-refractivity contribution in [3.63, 3.8) is 0 Å². The summed E-state index contributed by atoms with van der Waals surface area (Å²) in [6.45, 7) is 2.47. The van der Waals surface area contributed by atoms with Crippen LogP contribution in [0.25, 0.3) is 0 Å². The van der Waals surface area contributed by atoms with Crippen molar-refractivity contribution in [3.05, 3.63) is 87.4 Å². The summed E-state index contributed by atoms with van der Waals surface area (Å²) in [5.41, 5.74) is 5.99. The molecular weight excluding hydrogens is 460 g/mol. The second kappa shape index (κ2) is 10.6. The SMILES string of the molecule is COc1ccc(C(=O)N/N=C\c2cc(Br)c(OCc3ccccc3C)c(OC)c2)cc1. The maximum absolute atomic E-state index is 12.2. The van der Waals surface area contributed by atoms with Crippen LogP contribution in [-0.4, -0.2) is 26.3 Å². The first-order valence-corrected chi connectivity index (χ1v) is 10.3. The highest BCUT2D eigenvalue weighted by atomic mass is 79.9. The number of carbonyl (C=O) groups is 1. The summed E-state index contributed by atoms with van der Waals surface area (Å²) in [4.78, 5) is 12.2. The number of nitrogens with one attached hydrogen (secondary N) is 1. The Kier molecular flexibility index (Phi) is 7.67. The van der Waals surface area contributed by atoms with E-state index in [4.69, 9.17) is 14.2 Å². The van der Waals surface area contributed by atoms with E-state index in [1.54, 1.807) is 50.8 Å². The van der Waals surface area contributed by atoms with Crippen molar-refractivity contribution < 1.29 is 19.0 Å². The van der Waals surface area contributed by atoms with Crippen LogP contribution in [0.5, 0.6) is 17.2 Å². The van der Waals surface area contributed by atoms with Gasteiger partial charge in [-0.25, -0.2) is 5.43 Å². The van der Waals surface area contributed by atoms with Gasteiger partial charge >= 0.3 is 0 Å². The number of hydrogen-bond donors (Lipinski definition) is 1. The van der Waals surface area contributed by atoms with Crippen molar-refractivity contribution in [1.29, 1.82) is 0 Å². The first-order valence-electron chi connectivity index (χ1n) is 9.54. The molecule has 0 saturated carbocycles. The minimum atomic E-state index is -0.317. The Labute approximate surface area is 190 Å². The number of aryl methyl sites for hydroxylation is 1. The van der Waals surface area contributed by atoms with E-state index in [2.05, 4.69) is 26.5 Å². The van der Waals surface area contributed by atoms with Crippen molar-refractivity contribution in [1.82, 2.24) is 5.43 Å². The standard InChI is InChI=1S/C24H23BrN2O4/c1-16-6-4-5-7-19(16)15-31-23-21(25)12-17(13-22(23)30-3)14-26-27-24(28)18-8-10-20(29-2)11-9-18/h4-14H,15H2,1-3H3,(H,27,28)/b26-14-. The van der Waals surface area contributed by atoms with Crippen LogP contribution in [0, 0.1) is 6.92 Å². The number of halogens is 1. The molecule has 0 aromatic heterocycles. The van der Waals surface area contributed by atoms with Gasteiger partial charge in [0, 0.05) is 5.56 Å². The molecule has 0 unspecified atom stereocenters.